The zero-order valence-corrected chi connectivity index (χ0v) is 14.2. The molecule has 0 aliphatic carbocycles. The monoisotopic (exact) mass is 365 g/mol. The van der Waals surface area contributed by atoms with Gasteiger partial charge in [-0.05, 0) is 47.0 Å². The number of amides is 1. The second kappa shape index (κ2) is 7.62. The van der Waals surface area contributed by atoms with Crippen LogP contribution in [-0.4, -0.2) is 23.9 Å². The van der Waals surface area contributed by atoms with Crippen molar-refractivity contribution in [1.82, 2.24) is 4.90 Å². The molecule has 0 saturated heterocycles. The first-order chi connectivity index (χ1) is 10.1. The molecule has 2 nitrogen and oxygen atoms in total. The molecule has 21 heavy (non-hydrogen) atoms. The third kappa shape index (κ3) is 4.08. The van der Waals surface area contributed by atoms with Crippen molar-refractivity contribution in [1.29, 1.82) is 0 Å². The Hall–Kier alpha value is -1.32. The van der Waals surface area contributed by atoms with E-state index in [9.17, 15) is 4.79 Å². The minimum atomic E-state index is -0.0280. The number of carbonyl (C=O) groups is 1. The van der Waals surface area contributed by atoms with Crippen molar-refractivity contribution in [2.45, 2.75) is 13.3 Å². The van der Waals surface area contributed by atoms with Crippen LogP contribution >= 0.6 is 27.5 Å². The summed E-state index contributed by atoms with van der Waals surface area (Å²) in [6.45, 7) is 3.32. The molecule has 2 aromatic rings. The quantitative estimate of drug-likeness (QED) is 0.744. The van der Waals surface area contributed by atoms with Gasteiger partial charge in [-0.2, -0.15) is 0 Å². The van der Waals surface area contributed by atoms with Gasteiger partial charge in [0.1, 0.15) is 0 Å². The zero-order chi connectivity index (χ0) is 15.2. The van der Waals surface area contributed by atoms with E-state index in [-0.39, 0.29) is 5.91 Å². The summed E-state index contributed by atoms with van der Waals surface area (Å²) in [7, 11) is 0. The van der Waals surface area contributed by atoms with E-state index >= 15 is 0 Å². The molecule has 0 heterocycles. The highest BCUT2D eigenvalue weighted by molar-refractivity contribution is 9.10. The van der Waals surface area contributed by atoms with Crippen LogP contribution in [0.1, 0.15) is 22.8 Å². The van der Waals surface area contributed by atoms with Gasteiger partial charge in [-0.25, -0.2) is 0 Å². The lowest BCUT2D eigenvalue weighted by Crippen LogP contribution is -2.33. The molecular weight excluding hydrogens is 350 g/mol. The van der Waals surface area contributed by atoms with Gasteiger partial charge in [-0.15, -0.1) is 0 Å². The van der Waals surface area contributed by atoms with Gasteiger partial charge >= 0.3 is 0 Å². The molecule has 0 spiro atoms. The van der Waals surface area contributed by atoms with E-state index in [1.165, 1.54) is 5.56 Å². The molecule has 0 fully saturated rings. The first kappa shape index (κ1) is 16.1. The molecule has 110 valence electrons. The predicted molar refractivity (Wildman–Crippen MR) is 90.9 cm³/mol. The molecule has 2 rings (SSSR count). The maximum absolute atomic E-state index is 12.6. The van der Waals surface area contributed by atoms with Gasteiger partial charge in [-0.3, -0.25) is 4.79 Å². The van der Waals surface area contributed by atoms with Gasteiger partial charge < -0.3 is 4.90 Å². The molecule has 4 heteroatoms. The summed E-state index contributed by atoms with van der Waals surface area (Å²) in [5.74, 6) is -0.0280. The van der Waals surface area contributed by atoms with Crippen molar-refractivity contribution in [3.05, 3.63) is 69.2 Å². The van der Waals surface area contributed by atoms with E-state index in [1.807, 2.05) is 42.2 Å². The van der Waals surface area contributed by atoms with Gasteiger partial charge in [0, 0.05) is 17.6 Å². The Bertz CT molecular complexity index is 615. The van der Waals surface area contributed by atoms with E-state index in [2.05, 4.69) is 28.1 Å². The van der Waals surface area contributed by atoms with E-state index in [0.717, 1.165) is 10.9 Å². The Morgan fingerprint density at radius 1 is 1.14 bits per heavy atom. The maximum atomic E-state index is 12.6. The molecule has 0 N–H and O–H groups in total. The summed E-state index contributed by atoms with van der Waals surface area (Å²) in [6, 6.07) is 15.6. The van der Waals surface area contributed by atoms with Gasteiger partial charge in [0.05, 0.1) is 10.6 Å². The number of halogens is 2. The summed E-state index contributed by atoms with van der Waals surface area (Å²) in [5.41, 5.74) is 1.77. The largest absolute Gasteiger partial charge is 0.339 e. The van der Waals surface area contributed by atoms with Crippen molar-refractivity contribution in [2.24, 2.45) is 0 Å². The van der Waals surface area contributed by atoms with Crippen LogP contribution in [0.3, 0.4) is 0 Å². The van der Waals surface area contributed by atoms with Gasteiger partial charge in [-0.1, -0.05) is 48.0 Å². The molecule has 0 unspecified atom stereocenters. The topological polar surface area (TPSA) is 20.3 Å². The highest BCUT2D eigenvalue weighted by Crippen LogP contribution is 2.27. The van der Waals surface area contributed by atoms with Crippen LogP contribution in [0.4, 0.5) is 0 Å². The van der Waals surface area contributed by atoms with Gasteiger partial charge in [0.25, 0.3) is 5.91 Å². The minimum Gasteiger partial charge on any atom is -0.339 e. The molecule has 0 aliphatic rings. The smallest absolute Gasteiger partial charge is 0.255 e. The first-order valence-corrected chi connectivity index (χ1v) is 8.07. The number of rotatable bonds is 5. The second-order valence-electron chi connectivity index (χ2n) is 4.72. The lowest BCUT2D eigenvalue weighted by atomic mass is 10.1. The third-order valence-electron chi connectivity index (χ3n) is 3.36. The maximum Gasteiger partial charge on any atom is 0.255 e. The Kier molecular flexibility index (Phi) is 5.83. The molecular formula is C17H17BrClNO. The molecule has 0 bridgehead atoms. The fourth-order valence-electron chi connectivity index (χ4n) is 2.15. The summed E-state index contributed by atoms with van der Waals surface area (Å²) in [6.07, 6.45) is 0.839. The molecule has 0 aliphatic heterocycles. The SMILES string of the molecule is CCN(CCc1ccccc1)C(=O)c1cccc(Br)c1Cl. The van der Waals surface area contributed by atoms with E-state index in [1.54, 1.807) is 6.07 Å². The van der Waals surface area contributed by atoms with Gasteiger partial charge in [0.15, 0.2) is 0 Å². The van der Waals surface area contributed by atoms with Crippen molar-refractivity contribution in [3.8, 4) is 0 Å². The number of hydrogen-bond donors (Lipinski definition) is 0. The van der Waals surface area contributed by atoms with Crippen molar-refractivity contribution in [2.75, 3.05) is 13.1 Å². The normalized spacial score (nSPS) is 10.4. The van der Waals surface area contributed by atoms with Crippen molar-refractivity contribution < 1.29 is 4.79 Å². The van der Waals surface area contributed by atoms with Crippen molar-refractivity contribution in [3.63, 3.8) is 0 Å². The lowest BCUT2D eigenvalue weighted by Gasteiger charge is -2.21. The van der Waals surface area contributed by atoms with Crippen LogP contribution in [0.2, 0.25) is 5.02 Å². The fourth-order valence-corrected chi connectivity index (χ4v) is 2.72. The standard InChI is InChI=1S/C17H17BrClNO/c1-2-20(12-11-13-7-4-3-5-8-13)17(21)14-9-6-10-15(18)16(14)19/h3-10H,2,11-12H2,1H3. The summed E-state index contributed by atoms with van der Waals surface area (Å²) in [5, 5.41) is 0.473. The molecule has 0 radical (unpaired) electrons. The number of carbonyl (C=O) groups excluding carboxylic acids is 1. The Balaban J connectivity index is 2.10. The zero-order valence-electron chi connectivity index (χ0n) is 11.9. The molecule has 1 amide bonds. The van der Waals surface area contributed by atoms with Crippen LogP contribution in [0, 0.1) is 0 Å². The average molecular weight is 367 g/mol. The Morgan fingerprint density at radius 2 is 1.86 bits per heavy atom. The van der Waals surface area contributed by atoms with Crippen LogP contribution in [-0.2, 0) is 6.42 Å². The van der Waals surface area contributed by atoms with Crippen LogP contribution in [0.5, 0.6) is 0 Å². The van der Waals surface area contributed by atoms with E-state index in [4.69, 9.17) is 11.6 Å². The Labute approximate surface area is 138 Å². The van der Waals surface area contributed by atoms with Crippen LogP contribution in [0.15, 0.2) is 53.0 Å². The highest BCUT2D eigenvalue weighted by Gasteiger charge is 2.18. The number of benzene rings is 2. The van der Waals surface area contributed by atoms with E-state index < -0.39 is 0 Å². The van der Waals surface area contributed by atoms with E-state index in [0.29, 0.717) is 23.7 Å². The summed E-state index contributed by atoms with van der Waals surface area (Å²) < 4.78 is 0.745. The second-order valence-corrected chi connectivity index (χ2v) is 5.95. The summed E-state index contributed by atoms with van der Waals surface area (Å²) in [4.78, 5) is 14.4. The Morgan fingerprint density at radius 3 is 2.52 bits per heavy atom. The lowest BCUT2D eigenvalue weighted by molar-refractivity contribution is 0.0766. The molecule has 0 saturated carbocycles. The molecule has 0 aromatic heterocycles. The minimum absolute atomic E-state index is 0.0280. The van der Waals surface area contributed by atoms with Crippen molar-refractivity contribution >= 4 is 33.4 Å². The van der Waals surface area contributed by atoms with Crippen LogP contribution < -0.4 is 0 Å². The number of likely N-dealkylation sites (N-methyl/N-ethyl adjacent to an activating group) is 1. The third-order valence-corrected chi connectivity index (χ3v) is 4.66. The molecule has 2 aromatic carbocycles. The molecule has 0 atom stereocenters. The van der Waals surface area contributed by atoms with Gasteiger partial charge in [0.2, 0.25) is 0 Å². The fraction of sp³-hybridized carbons (Fsp3) is 0.235. The average Bonchev–Trinajstić information content (AvgIpc) is 2.51. The van der Waals surface area contributed by atoms with Crippen LogP contribution in [0.25, 0.3) is 0 Å². The first-order valence-electron chi connectivity index (χ1n) is 6.90. The number of hydrogen-bond acceptors (Lipinski definition) is 1. The number of nitrogens with zero attached hydrogens (tertiary/aromatic N) is 1. The summed E-state index contributed by atoms with van der Waals surface area (Å²) >= 11 is 9.57. The highest BCUT2D eigenvalue weighted by atomic mass is 79.9. The predicted octanol–water partition coefficient (Wildman–Crippen LogP) is 4.81.